The predicted molar refractivity (Wildman–Crippen MR) is 116 cm³/mol. The van der Waals surface area contributed by atoms with Crippen molar-refractivity contribution in [3.8, 4) is 16.9 Å². The van der Waals surface area contributed by atoms with Gasteiger partial charge in [0.1, 0.15) is 11.6 Å². The molecule has 3 aromatic rings. The number of anilines is 2. The van der Waals surface area contributed by atoms with Crippen LogP contribution in [0.15, 0.2) is 48.9 Å². The van der Waals surface area contributed by atoms with E-state index in [0.29, 0.717) is 36.1 Å². The number of hydrogen-bond donors (Lipinski definition) is 2. The van der Waals surface area contributed by atoms with Gasteiger partial charge >= 0.3 is 6.36 Å². The molecule has 184 valence electrons. The summed E-state index contributed by atoms with van der Waals surface area (Å²) in [6, 6.07) is 5.20. The molecule has 1 fully saturated rings. The van der Waals surface area contributed by atoms with Gasteiger partial charge in [-0.3, -0.25) is 9.78 Å². The number of benzene rings is 1. The molecule has 4 rings (SSSR count). The van der Waals surface area contributed by atoms with E-state index < -0.39 is 29.7 Å². The zero-order chi connectivity index (χ0) is 25.2. The summed E-state index contributed by atoms with van der Waals surface area (Å²) in [6.45, 7) is 1.14. The lowest BCUT2D eigenvalue weighted by Gasteiger charge is -2.21. The third-order valence-corrected chi connectivity index (χ3v) is 5.40. The minimum atomic E-state index is -5.06. The molecule has 1 aliphatic rings. The van der Waals surface area contributed by atoms with E-state index in [9.17, 15) is 31.9 Å². The number of nitrogens with zero attached hydrogens (tertiary/aromatic N) is 3. The molecule has 1 aromatic carbocycles. The van der Waals surface area contributed by atoms with Gasteiger partial charge in [0.15, 0.2) is 11.6 Å². The number of ether oxygens (including phenoxy) is 1. The fourth-order valence-corrected chi connectivity index (χ4v) is 3.77. The maximum atomic E-state index is 14.0. The van der Waals surface area contributed by atoms with Crippen LogP contribution < -0.4 is 15.0 Å². The molecule has 0 saturated carbocycles. The number of hydrogen-bond acceptors (Lipinski definition) is 6. The van der Waals surface area contributed by atoms with Crippen LogP contribution in [0.1, 0.15) is 16.8 Å². The van der Waals surface area contributed by atoms with E-state index in [4.69, 9.17) is 0 Å². The van der Waals surface area contributed by atoms with E-state index in [1.165, 1.54) is 24.5 Å². The van der Waals surface area contributed by atoms with E-state index in [1.54, 1.807) is 0 Å². The number of aromatic nitrogens is 2. The average molecular weight is 494 g/mol. The van der Waals surface area contributed by atoms with Crippen LogP contribution in [-0.2, 0) is 0 Å². The highest BCUT2D eigenvalue weighted by atomic mass is 19.4. The summed E-state index contributed by atoms with van der Waals surface area (Å²) in [4.78, 5) is 22.9. The second kappa shape index (κ2) is 9.82. The molecule has 35 heavy (non-hydrogen) atoms. The van der Waals surface area contributed by atoms with Gasteiger partial charge in [0.2, 0.25) is 0 Å². The third-order valence-electron chi connectivity index (χ3n) is 5.40. The van der Waals surface area contributed by atoms with Crippen LogP contribution in [0.5, 0.6) is 5.75 Å². The summed E-state index contributed by atoms with van der Waals surface area (Å²) in [6.07, 6.45) is -0.593. The molecule has 0 bridgehead atoms. The number of carbonyl (C=O) groups excluding carboxylic acids is 1. The molecule has 0 radical (unpaired) electrons. The van der Waals surface area contributed by atoms with Gasteiger partial charge in [-0.25, -0.2) is 13.8 Å². The van der Waals surface area contributed by atoms with Crippen LogP contribution in [-0.4, -0.2) is 47.0 Å². The lowest BCUT2D eigenvalue weighted by molar-refractivity contribution is -0.275. The molecule has 1 atom stereocenters. The fraction of sp³-hybridized carbons (Fsp3) is 0.261. The van der Waals surface area contributed by atoms with Gasteiger partial charge < -0.3 is 20.1 Å². The van der Waals surface area contributed by atoms with Gasteiger partial charge in [0.25, 0.3) is 5.91 Å². The molecule has 1 unspecified atom stereocenters. The zero-order valence-corrected chi connectivity index (χ0v) is 18.0. The molecule has 2 N–H and O–H groups in total. The van der Waals surface area contributed by atoms with Gasteiger partial charge in [-0.15, -0.1) is 13.2 Å². The second-order valence-electron chi connectivity index (χ2n) is 7.92. The van der Waals surface area contributed by atoms with Crippen molar-refractivity contribution in [3.05, 3.63) is 66.1 Å². The Hall–Kier alpha value is -3.80. The van der Waals surface area contributed by atoms with Crippen LogP contribution >= 0.6 is 0 Å². The molecule has 0 aliphatic carbocycles. The van der Waals surface area contributed by atoms with Crippen LogP contribution in [0.4, 0.5) is 33.5 Å². The molecule has 1 saturated heterocycles. The Morgan fingerprint density at radius 2 is 1.97 bits per heavy atom. The van der Waals surface area contributed by atoms with Crippen molar-refractivity contribution in [1.29, 1.82) is 0 Å². The Kier molecular flexibility index (Phi) is 6.83. The molecule has 1 aliphatic heterocycles. The minimum Gasteiger partial charge on any atom is -0.403 e. The van der Waals surface area contributed by atoms with E-state index in [1.807, 2.05) is 4.90 Å². The number of aliphatic hydroxyl groups is 1. The molecule has 7 nitrogen and oxygen atoms in total. The monoisotopic (exact) mass is 494 g/mol. The molecule has 3 heterocycles. The fourth-order valence-electron chi connectivity index (χ4n) is 3.77. The van der Waals surface area contributed by atoms with Crippen molar-refractivity contribution < 1.29 is 36.6 Å². The highest BCUT2D eigenvalue weighted by Crippen LogP contribution is 2.33. The summed E-state index contributed by atoms with van der Waals surface area (Å²) in [7, 11) is 0. The molecule has 12 heteroatoms. The molecule has 2 aromatic heterocycles. The summed E-state index contributed by atoms with van der Waals surface area (Å²) in [5.74, 6) is -3.12. The summed E-state index contributed by atoms with van der Waals surface area (Å²) in [5.41, 5.74) is 0.727. The lowest BCUT2D eigenvalue weighted by atomic mass is 10.1. The number of rotatable bonds is 6. The van der Waals surface area contributed by atoms with Crippen LogP contribution in [0.3, 0.4) is 0 Å². The normalized spacial score (nSPS) is 15.8. The first-order valence-corrected chi connectivity index (χ1v) is 10.5. The first-order chi connectivity index (χ1) is 16.6. The Morgan fingerprint density at radius 1 is 1.17 bits per heavy atom. The number of amides is 1. The first kappa shape index (κ1) is 24.3. The van der Waals surface area contributed by atoms with E-state index in [2.05, 4.69) is 20.0 Å². The highest BCUT2D eigenvalue weighted by molar-refractivity contribution is 6.05. The van der Waals surface area contributed by atoms with E-state index >= 15 is 0 Å². The molecule has 0 spiro atoms. The largest absolute Gasteiger partial charge is 0.573 e. The molecule has 1 amide bonds. The standard InChI is InChI=1S/C23H19F5N4O3/c24-16-5-14(8-29-10-16)18-6-15(9-30-21(18)32-4-3-13(11-32)12-33)22(34)31-17-1-2-20(19(25)7-17)35-23(26,27)28/h1-2,5-10,13,33H,3-4,11-12H2,(H,31,34). The van der Waals surface area contributed by atoms with Gasteiger partial charge in [-0.2, -0.15) is 0 Å². The van der Waals surface area contributed by atoms with Gasteiger partial charge in [0, 0.05) is 60.9 Å². The first-order valence-electron chi connectivity index (χ1n) is 10.5. The second-order valence-corrected chi connectivity index (χ2v) is 7.92. The Balaban J connectivity index is 1.62. The summed E-state index contributed by atoms with van der Waals surface area (Å²) < 4.78 is 68.4. The lowest BCUT2D eigenvalue weighted by Crippen LogP contribution is -2.23. The van der Waals surface area contributed by atoms with E-state index in [-0.39, 0.29) is 23.8 Å². The number of alkyl halides is 3. The van der Waals surface area contributed by atoms with E-state index in [0.717, 1.165) is 24.8 Å². The Bertz CT molecular complexity index is 1240. The SMILES string of the molecule is O=C(Nc1ccc(OC(F)(F)F)c(F)c1)c1cnc(N2CCC(CO)C2)c(-c2cncc(F)c2)c1. The van der Waals surface area contributed by atoms with Crippen molar-refractivity contribution in [1.82, 2.24) is 9.97 Å². The molecular formula is C23H19F5N4O3. The van der Waals surface area contributed by atoms with Crippen molar-refractivity contribution in [2.75, 3.05) is 29.9 Å². The van der Waals surface area contributed by atoms with Crippen molar-refractivity contribution in [2.24, 2.45) is 5.92 Å². The topological polar surface area (TPSA) is 87.6 Å². The summed E-state index contributed by atoms with van der Waals surface area (Å²) in [5, 5.41) is 11.8. The average Bonchev–Trinajstić information content (AvgIpc) is 3.29. The minimum absolute atomic E-state index is 0.0111. The number of carbonyl (C=O) groups is 1. The number of halogens is 5. The number of nitrogens with one attached hydrogen (secondary N) is 1. The number of aliphatic hydroxyl groups excluding tert-OH is 1. The highest BCUT2D eigenvalue weighted by Gasteiger charge is 2.32. The van der Waals surface area contributed by atoms with Crippen molar-refractivity contribution in [2.45, 2.75) is 12.8 Å². The van der Waals surface area contributed by atoms with Crippen molar-refractivity contribution in [3.63, 3.8) is 0 Å². The Morgan fingerprint density at radius 3 is 2.63 bits per heavy atom. The quantitative estimate of drug-likeness (QED) is 0.495. The van der Waals surface area contributed by atoms with Crippen LogP contribution in [0.2, 0.25) is 0 Å². The van der Waals surface area contributed by atoms with Crippen molar-refractivity contribution >= 4 is 17.4 Å². The Labute approximate surface area is 196 Å². The maximum Gasteiger partial charge on any atom is 0.573 e. The third kappa shape index (κ3) is 5.83. The van der Waals surface area contributed by atoms with Crippen LogP contribution in [0.25, 0.3) is 11.1 Å². The van der Waals surface area contributed by atoms with Gasteiger partial charge in [-0.1, -0.05) is 0 Å². The predicted octanol–water partition coefficient (Wildman–Crippen LogP) is 4.39. The maximum absolute atomic E-state index is 14.0. The zero-order valence-electron chi connectivity index (χ0n) is 18.0. The van der Waals surface area contributed by atoms with Gasteiger partial charge in [0.05, 0.1) is 11.8 Å². The number of pyridine rings is 2. The molecular weight excluding hydrogens is 475 g/mol. The smallest absolute Gasteiger partial charge is 0.403 e. The summed E-state index contributed by atoms with van der Waals surface area (Å²) >= 11 is 0. The van der Waals surface area contributed by atoms with Gasteiger partial charge in [-0.05, 0) is 30.7 Å². The van der Waals surface area contributed by atoms with Crippen LogP contribution in [0, 0.1) is 17.6 Å².